The molecule has 0 saturated carbocycles. The van der Waals surface area contributed by atoms with Gasteiger partial charge in [-0.1, -0.05) is 36.4 Å². The average Bonchev–Trinajstić information content (AvgIpc) is 2.64. The normalized spacial score (nSPS) is 11.4. The molecule has 0 aromatic heterocycles. The molecular weight excluding hydrogens is 321 g/mol. The lowest BCUT2D eigenvalue weighted by atomic mass is 10.2. The Bertz CT molecular complexity index is 744. The second-order valence-electron chi connectivity index (χ2n) is 5.43. The van der Waals surface area contributed by atoms with Gasteiger partial charge in [0, 0.05) is 13.1 Å². The fraction of sp³-hybridized carbons (Fsp3) is 0.263. The van der Waals surface area contributed by atoms with Crippen LogP contribution >= 0.6 is 0 Å². The number of rotatable bonds is 8. The molecule has 1 atom stereocenters. The van der Waals surface area contributed by atoms with Crippen LogP contribution in [0.5, 0.6) is 0 Å². The van der Waals surface area contributed by atoms with Crippen LogP contribution in [0.1, 0.15) is 18.1 Å². The quantitative estimate of drug-likeness (QED) is 0.724. The highest BCUT2D eigenvalue weighted by Gasteiger charge is 2.13. The van der Waals surface area contributed by atoms with Crippen LogP contribution in [-0.4, -0.2) is 25.1 Å². The van der Waals surface area contributed by atoms with Crippen molar-refractivity contribution in [2.24, 2.45) is 0 Å². The van der Waals surface area contributed by atoms with Crippen LogP contribution in [0.4, 0.5) is 10.1 Å². The Hall–Kier alpha value is -2.91. The molecule has 0 unspecified atom stereocenters. The van der Waals surface area contributed by atoms with E-state index in [0.29, 0.717) is 25.4 Å². The van der Waals surface area contributed by atoms with Crippen molar-refractivity contribution in [1.82, 2.24) is 5.32 Å². The van der Waals surface area contributed by atoms with Crippen molar-refractivity contribution in [3.8, 4) is 6.07 Å². The highest BCUT2D eigenvalue weighted by molar-refractivity contribution is 5.80. The molecule has 2 aromatic rings. The summed E-state index contributed by atoms with van der Waals surface area (Å²) >= 11 is 0. The number of benzene rings is 2. The molecule has 0 aliphatic carbocycles. The SMILES string of the molecule is C[C@@H](OCc1ccccc1)C(=O)NCCNc1cccc(F)c1C#N. The number of nitrogens with one attached hydrogen (secondary N) is 2. The van der Waals surface area contributed by atoms with E-state index in [1.54, 1.807) is 13.0 Å². The molecular formula is C19H20FN3O2. The zero-order valence-electron chi connectivity index (χ0n) is 14.0. The Kier molecular flexibility index (Phi) is 6.93. The second-order valence-corrected chi connectivity index (χ2v) is 5.43. The van der Waals surface area contributed by atoms with Crippen LogP contribution in [-0.2, 0) is 16.1 Å². The number of nitrogens with zero attached hydrogens (tertiary/aromatic N) is 1. The Morgan fingerprint density at radius 2 is 1.96 bits per heavy atom. The third-order valence-electron chi connectivity index (χ3n) is 3.58. The second kappa shape index (κ2) is 9.40. The molecule has 0 bridgehead atoms. The number of ether oxygens (including phenoxy) is 1. The van der Waals surface area contributed by atoms with Gasteiger partial charge in [0.15, 0.2) is 0 Å². The van der Waals surface area contributed by atoms with E-state index in [2.05, 4.69) is 10.6 Å². The van der Waals surface area contributed by atoms with Gasteiger partial charge >= 0.3 is 0 Å². The van der Waals surface area contributed by atoms with Crippen molar-refractivity contribution in [2.45, 2.75) is 19.6 Å². The maximum atomic E-state index is 13.5. The van der Waals surface area contributed by atoms with E-state index in [4.69, 9.17) is 10.00 Å². The first kappa shape index (κ1) is 18.4. The smallest absolute Gasteiger partial charge is 0.248 e. The Morgan fingerprint density at radius 1 is 1.20 bits per heavy atom. The molecule has 130 valence electrons. The summed E-state index contributed by atoms with van der Waals surface area (Å²) in [6, 6.07) is 15.8. The zero-order valence-corrected chi connectivity index (χ0v) is 14.0. The highest BCUT2D eigenvalue weighted by atomic mass is 19.1. The van der Waals surface area contributed by atoms with E-state index >= 15 is 0 Å². The average molecular weight is 341 g/mol. The summed E-state index contributed by atoms with van der Waals surface area (Å²) in [4.78, 5) is 12.0. The molecule has 6 heteroatoms. The number of anilines is 1. The van der Waals surface area contributed by atoms with Gasteiger partial charge < -0.3 is 15.4 Å². The summed E-state index contributed by atoms with van der Waals surface area (Å²) in [5.41, 5.74) is 1.37. The molecule has 0 saturated heterocycles. The molecule has 0 aliphatic heterocycles. The largest absolute Gasteiger partial charge is 0.382 e. The van der Waals surface area contributed by atoms with Gasteiger partial charge in [0.25, 0.3) is 0 Å². The topological polar surface area (TPSA) is 74.2 Å². The molecule has 1 amide bonds. The van der Waals surface area contributed by atoms with Gasteiger partial charge in [-0.2, -0.15) is 5.26 Å². The number of hydrogen-bond acceptors (Lipinski definition) is 4. The van der Waals surface area contributed by atoms with E-state index in [1.165, 1.54) is 12.1 Å². The number of halogens is 1. The molecule has 2 N–H and O–H groups in total. The van der Waals surface area contributed by atoms with Gasteiger partial charge in [-0.25, -0.2) is 4.39 Å². The van der Waals surface area contributed by atoms with E-state index < -0.39 is 11.9 Å². The molecule has 2 aromatic carbocycles. The van der Waals surface area contributed by atoms with Gasteiger partial charge in [0.05, 0.1) is 12.3 Å². The predicted molar refractivity (Wildman–Crippen MR) is 93.3 cm³/mol. The molecule has 0 radical (unpaired) electrons. The van der Waals surface area contributed by atoms with Crippen molar-refractivity contribution >= 4 is 11.6 Å². The van der Waals surface area contributed by atoms with E-state index in [9.17, 15) is 9.18 Å². The molecule has 5 nitrogen and oxygen atoms in total. The third kappa shape index (κ3) is 5.59. The summed E-state index contributed by atoms with van der Waals surface area (Å²) in [5, 5.41) is 14.6. The van der Waals surface area contributed by atoms with Crippen molar-refractivity contribution in [3.63, 3.8) is 0 Å². The lowest BCUT2D eigenvalue weighted by Gasteiger charge is -2.14. The lowest BCUT2D eigenvalue weighted by molar-refractivity contribution is -0.132. The number of carbonyl (C=O) groups excluding carboxylic acids is 1. The monoisotopic (exact) mass is 341 g/mol. The minimum absolute atomic E-state index is 0.0339. The fourth-order valence-electron chi connectivity index (χ4n) is 2.18. The lowest BCUT2D eigenvalue weighted by Crippen LogP contribution is -2.37. The molecule has 0 aliphatic rings. The van der Waals surface area contributed by atoms with Gasteiger partial charge in [-0.05, 0) is 24.6 Å². The minimum atomic E-state index is -0.580. The van der Waals surface area contributed by atoms with Crippen molar-refractivity contribution in [1.29, 1.82) is 5.26 Å². The summed E-state index contributed by atoms with van der Waals surface area (Å²) in [5.74, 6) is -0.794. The Morgan fingerprint density at radius 3 is 2.68 bits per heavy atom. The predicted octanol–water partition coefficient (Wildman–Crippen LogP) is 2.83. The van der Waals surface area contributed by atoms with Crippen LogP contribution < -0.4 is 10.6 Å². The minimum Gasteiger partial charge on any atom is -0.382 e. The van der Waals surface area contributed by atoms with E-state index in [-0.39, 0.29) is 11.5 Å². The molecule has 25 heavy (non-hydrogen) atoms. The summed E-state index contributed by atoms with van der Waals surface area (Å²) in [7, 11) is 0. The number of nitriles is 1. The van der Waals surface area contributed by atoms with Crippen molar-refractivity contribution in [2.75, 3.05) is 18.4 Å². The van der Waals surface area contributed by atoms with Crippen LogP contribution in [0.25, 0.3) is 0 Å². The number of carbonyl (C=O) groups is 1. The Labute approximate surface area is 146 Å². The van der Waals surface area contributed by atoms with Crippen LogP contribution in [0.3, 0.4) is 0 Å². The summed E-state index contributed by atoms with van der Waals surface area (Å²) in [6.45, 7) is 2.75. The third-order valence-corrected chi connectivity index (χ3v) is 3.58. The maximum absolute atomic E-state index is 13.5. The van der Waals surface area contributed by atoms with Crippen molar-refractivity contribution in [3.05, 3.63) is 65.5 Å². The number of amides is 1. The zero-order chi connectivity index (χ0) is 18.1. The van der Waals surface area contributed by atoms with E-state index in [1.807, 2.05) is 36.4 Å². The first-order chi connectivity index (χ1) is 12.1. The highest BCUT2D eigenvalue weighted by Crippen LogP contribution is 2.17. The van der Waals surface area contributed by atoms with Gasteiger partial charge in [0.1, 0.15) is 23.6 Å². The Balaban J connectivity index is 1.72. The summed E-state index contributed by atoms with van der Waals surface area (Å²) < 4.78 is 19.0. The van der Waals surface area contributed by atoms with Crippen LogP contribution in [0.2, 0.25) is 0 Å². The molecule has 0 spiro atoms. The van der Waals surface area contributed by atoms with Gasteiger partial charge in [0.2, 0.25) is 5.91 Å². The first-order valence-corrected chi connectivity index (χ1v) is 7.97. The number of hydrogen-bond donors (Lipinski definition) is 2. The van der Waals surface area contributed by atoms with Crippen LogP contribution in [0.15, 0.2) is 48.5 Å². The van der Waals surface area contributed by atoms with Crippen LogP contribution in [0, 0.1) is 17.1 Å². The van der Waals surface area contributed by atoms with Gasteiger partial charge in [-0.3, -0.25) is 4.79 Å². The fourth-order valence-corrected chi connectivity index (χ4v) is 2.18. The first-order valence-electron chi connectivity index (χ1n) is 7.97. The standard InChI is InChI=1S/C19H20FN3O2/c1-14(25-13-15-6-3-2-4-7-15)19(24)23-11-10-22-18-9-5-8-17(20)16(18)12-21/h2-9,14,22H,10-11,13H2,1H3,(H,23,24)/t14-/m1/s1. The van der Waals surface area contributed by atoms with E-state index in [0.717, 1.165) is 5.56 Å². The van der Waals surface area contributed by atoms with Crippen molar-refractivity contribution < 1.29 is 13.9 Å². The molecule has 0 heterocycles. The summed E-state index contributed by atoms with van der Waals surface area (Å²) in [6.07, 6.45) is -0.580. The molecule has 2 rings (SSSR count). The van der Waals surface area contributed by atoms with Gasteiger partial charge in [-0.15, -0.1) is 0 Å². The molecule has 0 fully saturated rings. The maximum Gasteiger partial charge on any atom is 0.248 e.